The quantitative estimate of drug-likeness (QED) is 0.673. The predicted octanol–water partition coefficient (Wildman–Crippen LogP) is 4.11. The number of fused-ring (bicyclic) bond motifs is 4. The van der Waals surface area contributed by atoms with E-state index in [9.17, 15) is 9.18 Å². The highest BCUT2D eigenvalue weighted by molar-refractivity contribution is 6.16. The van der Waals surface area contributed by atoms with Crippen LogP contribution < -0.4 is 4.90 Å². The molecule has 5 rings (SSSR count). The van der Waals surface area contributed by atoms with Crippen molar-refractivity contribution in [1.82, 2.24) is 9.97 Å². The predicted molar refractivity (Wildman–Crippen MR) is 93.2 cm³/mol. The number of hydrogen-bond acceptors (Lipinski definition) is 3. The van der Waals surface area contributed by atoms with E-state index in [1.54, 1.807) is 29.6 Å². The lowest BCUT2D eigenvalue weighted by atomic mass is 9.59. The lowest BCUT2D eigenvalue weighted by molar-refractivity contribution is -0.126. The minimum Gasteiger partial charge on any atom is -0.277 e. The summed E-state index contributed by atoms with van der Waals surface area (Å²) in [4.78, 5) is 23.7. The van der Waals surface area contributed by atoms with E-state index in [-0.39, 0.29) is 11.7 Å². The van der Waals surface area contributed by atoms with E-state index in [1.807, 2.05) is 12.1 Å². The number of carbonyl (C=O) groups is 1. The van der Waals surface area contributed by atoms with E-state index in [4.69, 9.17) is 0 Å². The highest BCUT2D eigenvalue weighted by Crippen LogP contribution is 2.58. The summed E-state index contributed by atoms with van der Waals surface area (Å²) in [6, 6.07) is 8.33. The van der Waals surface area contributed by atoms with Crippen LogP contribution in [-0.2, 0) is 10.2 Å². The molecule has 0 radical (unpaired) electrons. The van der Waals surface area contributed by atoms with Crippen LogP contribution in [0.15, 0.2) is 48.9 Å². The number of hydrogen-bond donors (Lipinski definition) is 0. The molecule has 2 aromatic heterocycles. The Labute approximate surface area is 144 Å². The van der Waals surface area contributed by atoms with E-state index >= 15 is 0 Å². The van der Waals surface area contributed by atoms with Crippen molar-refractivity contribution in [3.8, 4) is 0 Å². The summed E-state index contributed by atoms with van der Waals surface area (Å²) in [6.45, 7) is 2.16. The number of amides is 1. The molecule has 1 spiro atoms. The molecule has 3 aromatic rings. The fourth-order valence-electron chi connectivity index (χ4n) is 4.51. The maximum atomic E-state index is 13.6. The van der Waals surface area contributed by atoms with Crippen molar-refractivity contribution in [2.24, 2.45) is 5.92 Å². The number of halogens is 1. The first-order valence-electron chi connectivity index (χ1n) is 8.43. The number of anilines is 2. The Morgan fingerprint density at radius 1 is 1.24 bits per heavy atom. The Morgan fingerprint density at radius 2 is 2.08 bits per heavy atom. The molecule has 1 fully saturated rings. The molecule has 0 saturated heterocycles. The van der Waals surface area contributed by atoms with Crippen LogP contribution in [0.4, 0.5) is 15.8 Å². The molecule has 0 atom stereocenters. The molecule has 4 nitrogen and oxygen atoms in total. The monoisotopic (exact) mass is 333 g/mol. The van der Waals surface area contributed by atoms with E-state index in [2.05, 4.69) is 16.9 Å². The first-order chi connectivity index (χ1) is 12.1. The first-order valence-corrected chi connectivity index (χ1v) is 8.43. The molecule has 1 saturated carbocycles. The maximum absolute atomic E-state index is 13.6. The van der Waals surface area contributed by atoms with Gasteiger partial charge in [0.2, 0.25) is 5.91 Å². The molecule has 0 N–H and O–H groups in total. The number of benzene rings is 1. The second-order valence-electron chi connectivity index (χ2n) is 7.13. The molecule has 3 heterocycles. The average molecular weight is 333 g/mol. The number of carbonyl (C=O) groups excluding carboxylic acids is 1. The Morgan fingerprint density at radius 3 is 2.80 bits per heavy atom. The molecule has 0 bridgehead atoms. The third kappa shape index (κ3) is 1.83. The van der Waals surface area contributed by atoms with E-state index < -0.39 is 5.41 Å². The van der Waals surface area contributed by atoms with Gasteiger partial charge in [0.25, 0.3) is 0 Å². The molecule has 25 heavy (non-hydrogen) atoms. The zero-order valence-corrected chi connectivity index (χ0v) is 13.7. The van der Waals surface area contributed by atoms with Crippen molar-refractivity contribution < 1.29 is 9.18 Å². The Kier molecular flexibility index (Phi) is 2.82. The summed E-state index contributed by atoms with van der Waals surface area (Å²) in [5.74, 6) is 0.256. The number of aromatic nitrogens is 2. The molecule has 1 aliphatic heterocycles. The fraction of sp³-hybridized carbons (Fsp3) is 0.250. The van der Waals surface area contributed by atoms with Gasteiger partial charge >= 0.3 is 0 Å². The normalized spacial score (nSPS) is 24.6. The van der Waals surface area contributed by atoms with Gasteiger partial charge in [0.1, 0.15) is 5.82 Å². The van der Waals surface area contributed by atoms with Gasteiger partial charge in [-0.25, -0.2) is 4.39 Å². The Hall–Kier alpha value is -2.82. The average Bonchev–Trinajstić information content (AvgIpc) is 2.85. The summed E-state index contributed by atoms with van der Waals surface area (Å²) < 4.78 is 13.6. The van der Waals surface area contributed by atoms with E-state index in [1.165, 1.54) is 12.1 Å². The van der Waals surface area contributed by atoms with Gasteiger partial charge in [-0.2, -0.15) is 0 Å². The van der Waals surface area contributed by atoms with Crippen molar-refractivity contribution in [1.29, 1.82) is 0 Å². The van der Waals surface area contributed by atoms with E-state index in [0.29, 0.717) is 11.4 Å². The second kappa shape index (κ2) is 4.85. The molecule has 1 amide bonds. The van der Waals surface area contributed by atoms with Gasteiger partial charge in [-0.1, -0.05) is 6.92 Å². The van der Waals surface area contributed by atoms with Gasteiger partial charge in [-0.15, -0.1) is 0 Å². The number of nitrogens with zero attached hydrogens (tertiary/aromatic N) is 3. The third-order valence-electron chi connectivity index (χ3n) is 5.44. The third-order valence-corrected chi connectivity index (χ3v) is 5.44. The minimum atomic E-state index is -0.524. The van der Waals surface area contributed by atoms with Gasteiger partial charge < -0.3 is 0 Å². The van der Waals surface area contributed by atoms with Gasteiger partial charge in [0.05, 0.1) is 34.7 Å². The lowest BCUT2D eigenvalue weighted by Crippen LogP contribution is -2.47. The van der Waals surface area contributed by atoms with Crippen LogP contribution in [0.2, 0.25) is 0 Å². The molecule has 1 aromatic carbocycles. The summed E-state index contributed by atoms with van der Waals surface area (Å²) in [6.07, 6.45) is 6.70. The van der Waals surface area contributed by atoms with Crippen molar-refractivity contribution in [3.63, 3.8) is 0 Å². The van der Waals surface area contributed by atoms with Gasteiger partial charge in [-0.3, -0.25) is 19.7 Å². The van der Waals surface area contributed by atoms with Crippen LogP contribution in [-0.4, -0.2) is 15.9 Å². The summed E-state index contributed by atoms with van der Waals surface area (Å²) >= 11 is 0. The lowest BCUT2D eigenvalue weighted by Gasteiger charge is -2.42. The van der Waals surface area contributed by atoms with Crippen molar-refractivity contribution in [2.75, 3.05) is 4.90 Å². The molecule has 5 heteroatoms. The van der Waals surface area contributed by atoms with Crippen LogP contribution in [0, 0.1) is 11.7 Å². The summed E-state index contributed by atoms with van der Waals surface area (Å²) in [5, 5.41) is 0.866. The standard InChI is InChI=1S/C20H16FN3O/c1-12-8-20(9-12)18-15-5-4-13(21)7-16(15)23-11-17(18)24(19(20)25)14-3-2-6-22-10-14/h2-7,10-12H,8-9H2,1H3. The number of pyridine rings is 2. The largest absolute Gasteiger partial charge is 0.277 e. The van der Waals surface area contributed by atoms with Crippen LogP contribution in [0.1, 0.15) is 25.3 Å². The molecule has 1 aliphatic carbocycles. The highest BCUT2D eigenvalue weighted by atomic mass is 19.1. The topological polar surface area (TPSA) is 46.1 Å². The highest BCUT2D eigenvalue weighted by Gasteiger charge is 2.58. The minimum absolute atomic E-state index is 0.0761. The zero-order valence-electron chi connectivity index (χ0n) is 13.7. The molecular formula is C20H16FN3O. The summed E-state index contributed by atoms with van der Waals surface area (Å²) in [5.41, 5.74) is 2.60. The Bertz CT molecular complexity index is 1010. The van der Waals surface area contributed by atoms with Crippen LogP contribution in [0.5, 0.6) is 0 Å². The van der Waals surface area contributed by atoms with Crippen molar-refractivity contribution in [2.45, 2.75) is 25.2 Å². The van der Waals surface area contributed by atoms with Crippen molar-refractivity contribution in [3.05, 3.63) is 60.3 Å². The molecule has 2 aliphatic rings. The first kappa shape index (κ1) is 14.5. The van der Waals surface area contributed by atoms with Crippen molar-refractivity contribution >= 4 is 28.2 Å². The SMILES string of the molecule is CC1CC2(C1)C(=O)N(c1cccnc1)c1cnc3cc(F)ccc3c12. The molecular weight excluding hydrogens is 317 g/mol. The zero-order chi connectivity index (χ0) is 17.2. The maximum Gasteiger partial charge on any atom is 0.242 e. The van der Waals surface area contributed by atoms with Crippen LogP contribution in [0.25, 0.3) is 10.9 Å². The van der Waals surface area contributed by atoms with Gasteiger partial charge in [-0.05, 0) is 43.0 Å². The van der Waals surface area contributed by atoms with E-state index in [0.717, 1.165) is 35.2 Å². The Balaban J connectivity index is 1.81. The van der Waals surface area contributed by atoms with Crippen LogP contribution >= 0.6 is 0 Å². The fourth-order valence-corrected chi connectivity index (χ4v) is 4.51. The van der Waals surface area contributed by atoms with Gasteiger partial charge in [0, 0.05) is 23.2 Å². The second-order valence-corrected chi connectivity index (χ2v) is 7.13. The van der Waals surface area contributed by atoms with Gasteiger partial charge in [0.15, 0.2) is 0 Å². The molecule has 124 valence electrons. The smallest absolute Gasteiger partial charge is 0.242 e. The number of rotatable bonds is 1. The summed E-state index contributed by atoms with van der Waals surface area (Å²) in [7, 11) is 0. The van der Waals surface area contributed by atoms with Crippen LogP contribution in [0.3, 0.4) is 0 Å². The molecule has 0 unspecified atom stereocenters.